The normalized spacial score (nSPS) is 38.8. The molecule has 0 atom stereocenters. The second kappa shape index (κ2) is 6.01. The van der Waals surface area contributed by atoms with Crippen molar-refractivity contribution in [3.8, 4) is 0 Å². The first-order valence-corrected chi connectivity index (χ1v) is 7.38. The van der Waals surface area contributed by atoms with E-state index in [1.165, 1.54) is 51.4 Å². The first-order valence-electron chi connectivity index (χ1n) is 7.38. The van der Waals surface area contributed by atoms with E-state index in [-0.39, 0.29) is 0 Å². The van der Waals surface area contributed by atoms with Crippen molar-refractivity contribution in [2.24, 2.45) is 23.3 Å². The Labute approximate surface area is 106 Å². The van der Waals surface area contributed by atoms with Crippen LogP contribution in [0.5, 0.6) is 0 Å². The first-order chi connectivity index (χ1) is 8.20. The number of rotatable bonds is 2. The van der Waals surface area contributed by atoms with Crippen molar-refractivity contribution in [1.29, 1.82) is 0 Å². The molecule has 0 heterocycles. The molecule has 2 heteroatoms. The molecule has 0 aliphatic heterocycles. The minimum atomic E-state index is 0.462. The molecular weight excluding hydrogens is 208 g/mol. The smallest absolute Gasteiger partial charge is 0.00392 e. The first kappa shape index (κ1) is 13.1. The molecule has 0 aromatic rings. The van der Waals surface area contributed by atoms with Gasteiger partial charge in [-0.25, -0.2) is 0 Å². The van der Waals surface area contributed by atoms with Crippen LogP contribution in [0, 0.1) is 11.8 Å². The number of allylic oxidation sites excluding steroid dienone is 2. The standard InChI is InChI=1S/C15H28N2/c1-2-15(11-3-7-13(16)8-4-11)12-5-9-14(17)10-6-12/h2,11-14H,3-10,16-17H2,1H3. The molecule has 2 aliphatic carbocycles. The predicted molar refractivity (Wildman–Crippen MR) is 73.6 cm³/mol. The van der Waals surface area contributed by atoms with Gasteiger partial charge in [-0.1, -0.05) is 11.6 Å². The summed E-state index contributed by atoms with van der Waals surface area (Å²) in [7, 11) is 0. The molecule has 2 nitrogen and oxygen atoms in total. The Morgan fingerprint density at radius 3 is 1.41 bits per heavy atom. The van der Waals surface area contributed by atoms with Crippen molar-refractivity contribution in [2.75, 3.05) is 0 Å². The largest absolute Gasteiger partial charge is 0.328 e. The van der Waals surface area contributed by atoms with Gasteiger partial charge in [0.15, 0.2) is 0 Å². The summed E-state index contributed by atoms with van der Waals surface area (Å²) in [5, 5.41) is 0. The molecule has 17 heavy (non-hydrogen) atoms. The molecular formula is C15H28N2. The van der Waals surface area contributed by atoms with Gasteiger partial charge in [-0.3, -0.25) is 0 Å². The zero-order valence-electron chi connectivity index (χ0n) is 11.2. The van der Waals surface area contributed by atoms with E-state index in [9.17, 15) is 0 Å². The number of hydrogen-bond acceptors (Lipinski definition) is 2. The van der Waals surface area contributed by atoms with Crippen molar-refractivity contribution in [3.63, 3.8) is 0 Å². The van der Waals surface area contributed by atoms with Crippen molar-refractivity contribution < 1.29 is 0 Å². The van der Waals surface area contributed by atoms with Crippen LogP contribution < -0.4 is 11.5 Å². The Morgan fingerprint density at radius 2 is 1.12 bits per heavy atom. The summed E-state index contributed by atoms with van der Waals surface area (Å²) in [6, 6.07) is 0.924. The van der Waals surface area contributed by atoms with Crippen LogP contribution in [0.3, 0.4) is 0 Å². The van der Waals surface area contributed by atoms with Crippen molar-refractivity contribution in [3.05, 3.63) is 11.6 Å². The van der Waals surface area contributed by atoms with Gasteiger partial charge in [0.2, 0.25) is 0 Å². The third-order valence-corrected chi connectivity index (χ3v) is 4.82. The molecule has 0 amide bonds. The highest BCUT2D eigenvalue weighted by Gasteiger charge is 2.28. The van der Waals surface area contributed by atoms with Crippen molar-refractivity contribution in [1.82, 2.24) is 0 Å². The summed E-state index contributed by atoms with van der Waals surface area (Å²) in [6.07, 6.45) is 12.5. The fourth-order valence-electron chi connectivity index (χ4n) is 3.71. The van der Waals surface area contributed by atoms with Gasteiger partial charge in [-0.2, -0.15) is 0 Å². The summed E-state index contributed by atoms with van der Waals surface area (Å²) >= 11 is 0. The number of hydrogen-bond donors (Lipinski definition) is 2. The topological polar surface area (TPSA) is 52.0 Å². The Balaban J connectivity index is 1.92. The third kappa shape index (κ3) is 3.32. The summed E-state index contributed by atoms with van der Waals surface area (Å²) in [6.45, 7) is 2.22. The van der Waals surface area contributed by atoms with Crippen LogP contribution in [-0.2, 0) is 0 Å². The van der Waals surface area contributed by atoms with Crippen molar-refractivity contribution in [2.45, 2.75) is 70.4 Å². The van der Waals surface area contributed by atoms with Gasteiger partial charge in [0.05, 0.1) is 0 Å². The minimum absolute atomic E-state index is 0.462. The maximum Gasteiger partial charge on any atom is 0.00392 e. The molecule has 98 valence electrons. The molecule has 0 aromatic carbocycles. The van der Waals surface area contributed by atoms with E-state index in [2.05, 4.69) is 13.0 Å². The third-order valence-electron chi connectivity index (χ3n) is 4.82. The lowest BCUT2D eigenvalue weighted by Gasteiger charge is -2.35. The Morgan fingerprint density at radius 1 is 0.765 bits per heavy atom. The van der Waals surface area contributed by atoms with E-state index >= 15 is 0 Å². The Bertz CT molecular complexity index is 232. The van der Waals surface area contributed by atoms with Crippen LogP contribution in [0.1, 0.15) is 58.3 Å². The molecule has 2 saturated carbocycles. The SMILES string of the molecule is CC=C(C1CCC(N)CC1)C1CCC(N)CC1. The maximum atomic E-state index is 6.00. The molecule has 0 saturated heterocycles. The zero-order chi connectivity index (χ0) is 12.3. The van der Waals surface area contributed by atoms with Crippen LogP contribution in [0.25, 0.3) is 0 Å². The fourth-order valence-corrected chi connectivity index (χ4v) is 3.71. The quantitative estimate of drug-likeness (QED) is 0.724. The number of nitrogens with two attached hydrogens (primary N) is 2. The van der Waals surface area contributed by atoms with Crippen LogP contribution in [0.2, 0.25) is 0 Å². The van der Waals surface area contributed by atoms with E-state index in [0.29, 0.717) is 12.1 Å². The molecule has 2 aliphatic rings. The molecule has 2 rings (SSSR count). The summed E-state index contributed by atoms with van der Waals surface area (Å²) in [4.78, 5) is 0. The van der Waals surface area contributed by atoms with E-state index in [1.807, 2.05) is 0 Å². The molecule has 2 fully saturated rings. The molecule has 0 spiro atoms. The molecule has 0 aromatic heterocycles. The van der Waals surface area contributed by atoms with Gasteiger partial charge in [0.25, 0.3) is 0 Å². The lowest BCUT2D eigenvalue weighted by molar-refractivity contribution is 0.297. The average Bonchev–Trinajstić information content (AvgIpc) is 2.35. The lowest BCUT2D eigenvalue weighted by atomic mass is 9.72. The maximum absolute atomic E-state index is 6.00. The highest BCUT2D eigenvalue weighted by molar-refractivity contribution is 5.12. The van der Waals surface area contributed by atoms with Crippen LogP contribution >= 0.6 is 0 Å². The van der Waals surface area contributed by atoms with Gasteiger partial charge in [-0.15, -0.1) is 0 Å². The Hall–Kier alpha value is -0.340. The van der Waals surface area contributed by atoms with Gasteiger partial charge in [0, 0.05) is 12.1 Å². The average molecular weight is 236 g/mol. The zero-order valence-corrected chi connectivity index (χ0v) is 11.2. The highest BCUT2D eigenvalue weighted by atomic mass is 14.6. The van der Waals surface area contributed by atoms with Gasteiger partial charge >= 0.3 is 0 Å². The second-order valence-electron chi connectivity index (χ2n) is 6.01. The minimum Gasteiger partial charge on any atom is -0.328 e. The van der Waals surface area contributed by atoms with Crippen LogP contribution in [0.4, 0.5) is 0 Å². The van der Waals surface area contributed by atoms with E-state index in [1.54, 1.807) is 5.57 Å². The van der Waals surface area contributed by atoms with E-state index in [0.717, 1.165) is 11.8 Å². The Kier molecular flexibility index (Phi) is 4.63. The van der Waals surface area contributed by atoms with E-state index in [4.69, 9.17) is 11.5 Å². The summed E-state index contributed by atoms with van der Waals surface area (Å²) in [5.41, 5.74) is 13.7. The summed E-state index contributed by atoms with van der Waals surface area (Å²) < 4.78 is 0. The summed E-state index contributed by atoms with van der Waals surface area (Å²) in [5.74, 6) is 1.64. The molecule has 0 radical (unpaired) electrons. The molecule has 0 bridgehead atoms. The fraction of sp³-hybridized carbons (Fsp3) is 0.867. The second-order valence-corrected chi connectivity index (χ2v) is 6.01. The molecule has 0 unspecified atom stereocenters. The van der Waals surface area contributed by atoms with Gasteiger partial charge in [0.1, 0.15) is 0 Å². The monoisotopic (exact) mass is 236 g/mol. The van der Waals surface area contributed by atoms with Crippen LogP contribution in [-0.4, -0.2) is 12.1 Å². The highest BCUT2D eigenvalue weighted by Crippen LogP contribution is 2.38. The van der Waals surface area contributed by atoms with Gasteiger partial charge < -0.3 is 11.5 Å². The van der Waals surface area contributed by atoms with Crippen LogP contribution in [0.15, 0.2) is 11.6 Å². The molecule has 4 N–H and O–H groups in total. The van der Waals surface area contributed by atoms with E-state index < -0.39 is 0 Å². The lowest BCUT2D eigenvalue weighted by Crippen LogP contribution is -2.31. The van der Waals surface area contributed by atoms with Crippen molar-refractivity contribution >= 4 is 0 Å². The van der Waals surface area contributed by atoms with Gasteiger partial charge in [-0.05, 0) is 70.1 Å². The predicted octanol–water partition coefficient (Wildman–Crippen LogP) is 2.97.